The second kappa shape index (κ2) is 8.87. The van der Waals surface area contributed by atoms with Crippen molar-refractivity contribution < 1.29 is 35.5 Å². The van der Waals surface area contributed by atoms with Crippen LogP contribution in [-0.2, 0) is 30.2 Å². The summed E-state index contributed by atoms with van der Waals surface area (Å²) in [5.74, 6) is -1.63. The van der Waals surface area contributed by atoms with E-state index in [1.807, 2.05) is 0 Å². The van der Waals surface area contributed by atoms with E-state index >= 15 is 0 Å². The topological polar surface area (TPSA) is 191 Å². The van der Waals surface area contributed by atoms with Crippen molar-refractivity contribution in [2.45, 2.75) is 6.42 Å². The molecule has 2 amide bonds. The normalized spacial score (nSPS) is 11.4. The molecule has 0 spiro atoms. The molecule has 0 fully saturated rings. The summed E-state index contributed by atoms with van der Waals surface area (Å²) >= 11 is 0. The van der Waals surface area contributed by atoms with Crippen molar-refractivity contribution >= 4 is 55.2 Å². The molecule has 12 nitrogen and oxygen atoms in total. The van der Waals surface area contributed by atoms with Crippen LogP contribution in [0.25, 0.3) is 0 Å². The number of anilines is 4. The summed E-state index contributed by atoms with van der Waals surface area (Å²) in [6, 6.07) is 11.1. The molecular formula is C15H16N4O8S2. The smallest absolute Gasteiger partial charge is 0.324 e. The van der Waals surface area contributed by atoms with Crippen LogP contribution in [-0.4, -0.2) is 37.8 Å². The van der Waals surface area contributed by atoms with Crippen molar-refractivity contribution in [3.63, 3.8) is 0 Å². The van der Waals surface area contributed by atoms with E-state index in [1.54, 1.807) is 9.44 Å². The van der Waals surface area contributed by atoms with Crippen LogP contribution >= 0.6 is 0 Å². The van der Waals surface area contributed by atoms with Crippen LogP contribution in [0.2, 0.25) is 0 Å². The summed E-state index contributed by atoms with van der Waals surface area (Å²) in [6.45, 7) is 0. The first-order chi connectivity index (χ1) is 13.4. The lowest BCUT2D eigenvalue weighted by Gasteiger charge is -2.12. The van der Waals surface area contributed by atoms with Gasteiger partial charge in [0, 0.05) is 0 Å². The lowest BCUT2D eigenvalue weighted by molar-refractivity contribution is -0.123. The second-order valence-electron chi connectivity index (χ2n) is 5.52. The average molecular weight is 444 g/mol. The predicted molar refractivity (Wildman–Crippen MR) is 105 cm³/mol. The van der Waals surface area contributed by atoms with Crippen LogP contribution in [0.15, 0.2) is 48.5 Å². The minimum atomic E-state index is -4.58. The second-order valence-corrected chi connectivity index (χ2v) is 7.83. The molecule has 0 radical (unpaired) electrons. The summed E-state index contributed by atoms with van der Waals surface area (Å²) in [5.41, 5.74) is -0.245. The highest BCUT2D eigenvalue weighted by molar-refractivity contribution is 7.87. The Morgan fingerprint density at radius 1 is 0.655 bits per heavy atom. The Morgan fingerprint density at radius 3 is 1.28 bits per heavy atom. The number of rotatable bonds is 8. The number of nitrogens with one attached hydrogen (secondary N) is 4. The molecule has 2 aromatic carbocycles. The lowest BCUT2D eigenvalue weighted by atomic mass is 10.2. The van der Waals surface area contributed by atoms with Crippen molar-refractivity contribution in [3.8, 4) is 0 Å². The maximum absolute atomic E-state index is 12.1. The monoisotopic (exact) mass is 444 g/mol. The number of hydrogen-bond donors (Lipinski definition) is 6. The first kappa shape index (κ1) is 22.1. The molecule has 0 aromatic heterocycles. The lowest BCUT2D eigenvalue weighted by Crippen LogP contribution is -2.23. The maximum atomic E-state index is 12.1. The Balaban J connectivity index is 2.06. The summed E-state index contributed by atoms with van der Waals surface area (Å²) in [4.78, 5) is 24.2. The van der Waals surface area contributed by atoms with Crippen LogP contribution in [0, 0.1) is 0 Å². The highest BCUT2D eigenvalue weighted by atomic mass is 32.2. The van der Waals surface area contributed by atoms with Gasteiger partial charge >= 0.3 is 20.6 Å². The molecule has 2 rings (SSSR count). The Hall–Kier alpha value is -3.20. The molecule has 0 aliphatic rings. The summed E-state index contributed by atoms with van der Waals surface area (Å²) in [5, 5.41) is 4.63. The Bertz CT molecular complexity index is 1040. The molecule has 0 saturated carbocycles. The van der Waals surface area contributed by atoms with Gasteiger partial charge in [0.2, 0.25) is 11.8 Å². The third kappa shape index (κ3) is 7.74. The third-order valence-electron chi connectivity index (χ3n) is 3.20. The third-order valence-corrected chi connectivity index (χ3v) is 4.16. The Morgan fingerprint density at radius 2 is 0.966 bits per heavy atom. The van der Waals surface area contributed by atoms with E-state index in [-0.39, 0.29) is 22.7 Å². The van der Waals surface area contributed by atoms with Gasteiger partial charge in [-0.15, -0.1) is 0 Å². The van der Waals surface area contributed by atoms with E-state index in [2.05, 4.69) is 10.6 Å². The van der Waals surface area contributed by atoms with Gasteiger partial charge in [-0.3, -0.25) is 28.1 Å². The van der Waals surface area contributed by atoms with Crippen LogP contribution < -0.4 is 20.1 Å². The number of carbonyl (C=O) groups excluding carboxylic acids is 2. The number of amides is 2. The summed E-state index contributed by atoms with van der Waals surface area (Å²) < 4.78 is 65.1. The Kier molecular flexibility index (Phi) is 6.76. The highest BCUT2D eigenvalue weighted by Crippen LogP contribution is 2.23. The fourth-order valence-corrected chi connectivity index (χ4v) is 3.09. The zero-order chi connectivity index (χ0) is 21.7. The Labute approximate surface area is 166 Å². The van der Waals surface area contributed by atoms with Gasteiger partial charge in [0.25, 0.3) is 0 Å². The van der Waals surface area contributed by atoms with Gasteiger partial charge in [0.15, 0.2) is 0 Å². The SMILES string of the molecule is O=C(CC(=O)Nc1ccccc1NS(=O)(=O)O)Nc1ccccc1NS(=O)(=O)O. The van der Waals surface area contributed by atoms with E-state index in [1.165, 1.54) is 48.5 Å². The molecule has 156 valence electrons. The minimum absolute atomic E-state index is 0.00337. The molecule has 0 aliphatic carbocycles. The van der Waals surface area contributed by atoms with E-state index in [4.69, 9.17) is 9.11 Å². The number of carbonyl (C=O) groups is 2. The fraction of sp³-hybridized carbons (Fsp3) is 0.0667. The molecule has 6 N–H and O–H groups in total. The molecule has 0 atom stereocenters. The molecule has 14 heteroatoms. The quantitative estimate of drug-likeness (QED) is 0.257. The van der Waals surface area contributed by atoms with Crippen LogP contribution in [0.5, 0.6) is 0 Å². The van der Waals surface area contributed by atoms with Crippen molar-refractivity contribution in [1.29, 1.82) is 0 Å². The van der Waals surface area contributed by atoms with Gasteiger partial charge in [-0.05, 0) is 24.3 Å². The highest BCUT2D eigenvalue weighted by Gasteiger charge is 2.16. The zero-order valence-electron chi connectivity index (χ0n) is 14.5. The molecule has 0 aliphatic heterocycles. The van der Waals surface area contributed by atoms with Gasteiger partial charge in [0.1, 0.15) is 6.42 Å². The number of benzene rings is 2. The van der Waals surface area contributed by atoms with Crippen molar-refractivity contribution in [1.82, 2.24) is 0 Å². The van der Waals surface area contributed by atoms with Gasteiger partial charge in [-0.25, -0.2) is 0 Å². The first-order valence-corrected chi connectivity index (χ1v) is 10.6. The molecule has 0 heterocycles. The first-order valence-electron chi connectivity index (χ1n) is 7.71. The van der Waals surface area contributed by atoms with Crippen molar-refractivity contribution in [2.24, 2.45) is 0 Å². The molecule has 0 unspecified atom stereocenters. The molecule has 2 aromatic rings. The largest absolute Gasteiger partial charge is 0.357 e. The zero-order valence-corrected chi connectivity index (χ0v) is 16.1. The van der Waals surface area contributed by atoms with Gasteiger partial charge in [-0.1, -0.05) is 24.3 Å². The fourth-order valence-electron chi connectivity index (χ4n) is 2.17. The van der Waals surface area contributed by atoms with E-state index in [0.29, 0.717) is 0 Å². The number of para-hydroxylation sites is 4. The molecule has 0 saturated heterocycles. The average Bonchev–Trinajstić information content (AvgIpc) is 2.55. The molecular weight excluding hydrogens is 428 g/mol. The van der Waals surface area contributed by atoms with Gasteiger partial charge in [0.05, 0.1) is 22.7 Å². The minimum Gasteiger partial charge on any atom is -0.324 e. The molecule has 0 bridgehead atoms. The van der Waals surface area contributed by atoms with E-state index in [9.17, 15) is 26.4 Å². The summed E-state index contributed by atoms with van der Waals surface area (Å²) in [7, 11) is -9.15. The standard InChI is InChI=1S/C15H16N4O8S2/c20-14(16-10-5-1-3-7-12(10)18-28(22,23)24)9-15(21)17-11-6-2-4-8-13(11)19-29(25,26)27/h1-8,18-19H,9H2,(H,16,20)(H,17,21)(H,22,23,24)(H,25,26,27). The number of hydrogen-bond acceptors (Lipinski definition) is 6. The van der Waals surface area contributed by atoms with E-state index < -0.39 is 38.8 Å². The molecule has 29 heavy (non-hydrogen) atoms. The van der Waals surface area contributed by atoms with Crippen molar-refractivity contribution in [3.05, 3.63) is 48.5 Å². The van der Waals surface area contributed by atoms with E-state index in [0.717, 1.165) is 0 Å². The van der Waals surface area contributed by atoms with Crippen LogP contribution in [0.3, 0.4) is 0 Å². The maximum Gasteiger partial charge on any atom is 0.357 e. The van der Waals surface area contributed by atoms with Crippen molar-refractivity contribution in [2.75, 3.05) is 20.1 Å². The summed E-state index contributed by atoms with van der Waals surface area (Å²) in [6.07, 6.45) is -0.694. The van der Waals surface area contributed by atoms with Crippen LogP contribution in [0.1, 0.15) is 6.42 Å². The predicted octanol–water partition coefficient (Wildman–Crippen LogP) is 1.08. The van der Waals surface area contributed by atoms with Gasteiger partial charge < -0.3 is 10.6 Å². The van der Waals surface area contributed by atoms with Gasteiger partial charge in [-0.2, -0.15) is 16.8 Å². The van der Waals surface area contributed by atoms with Crippen LogP contribution in [0.4, 0.5) is 22.7 Å².